The third-order valence-corrected chi connectivity index (χ3v) is 4.30. The van der Waals surface area contributed by atoms with E-state index < -0.39 is 0 Å². The maximum atomic E-state index is 5.77. The maximum Gasteiger partial charge on any atom is -0.00407 e. The van der Waals surface area contributed by atoms with Gasteiger partial charge in [0.2, 0.25) is 0 Å². The van der Waals surface area contributed by atoms with Crippen LogP contribution in [0.2, 0.25) is 0 Å². The highest BCUT2D eigenvalue weighted by molar-refractivity contribution is 5.08. The van der Waals surface area contributed by atoms with Crippen LogP contribution in [0.5, 0.6) is 0 Å². The molecule has 2 N–H and O–H groups in total. The molecule has 2 rings (SSSR count). The van der Waals surface area contributed by atoms with Gasteiger partial charge in [0, 0.05) is 0 Å². The molecule has 0 bridgehead atoms. The van der Waals surface area contributed by atoms with Gasteiger partial charge in [-0.15, -0.1) is 0 Å². The van der Waals surface area contributed by atoms with Gasteiger partial charge in [0.15, 0.2) is 0 Å². The van der Waals surface area contributed by atoms with E-state index in [0.717, 1.165) is 24.3 Å². The number of hydrogen-bond acceptors (Lipinski definition) is 1. The van der Waals surface area contributed by atoms with E-state index in [1.54, 1.807) is 0 Å². The van der Waals surface area contributed by atoms with E-state index in [0.29, 0.717) is 5.41 Å². The molecular weight excluding hydrogens is 146 g/mol. The molecule has 2 aliphatic rings. The number of nitrogens with two attached hydrogens (primary N) is 1. The van der Waals surface area contributed by atoms with Gasteiger partial charge in [-0.25, -0.2) is 0 Å². The molecule has 0 spiro atoms. The zero-order valence-electron chi connectivity index (χ0n) is 8.34. The summed E-state index contributed by atoms with van der Waals surface area (Å²) in [6.45, 7) is 5.70. The predicted molar refractivity (Wildman–Crippen MR) is 51.8 cm³/mol. The summed E-state index contributed by atoms with van der Waals surface area (Å²) in [6, 6.07) is 0. The van der Waals surface area contributed by atoms with Crippen LogP contribution in [0.25, 0.3) is 0 Å². The molecule has 2 aliphatic carbocycles. The zero-order valence-corrected chi connectivity index (χ0v) is 8.34. The monoisotopic (exact) mass is 167 g/mol. The van der Waals surface area contributed by atoms with Gasteiger partial charge in [-0.1, -0.05) is 39.5 Å². The summed E-state index contributed by atoms with van der Waals surface area (Å²) in [6.07, 6.45) is 5.89. The molecule has 2 atom stereocenters. The van der Waals surface area contributed by atoms with Gasteiger partial charge in [0.1, 0.15) is 0 Å². The van der Waals surface area contributed by atoms with Crippen molar-refractivity contribution < 1.29 is 0 Å². The van der Waals surface area contributed by atoms with Crippen molar-refractivity contribution in [3.63, 3.8) is 0 Å². The Morgan fingerprint density at radius 3 is 2.25 bits per heavy atom. The molecule has 2 unspecified atom stereocenters. The lowest BCUT2D eigenvalue weighted by molar-refractivity contribution is 0.401. The lowest BCUT2D eigenvalue weighted by Gasteiger charge is -2.09. The summed E-state index contributed by atoms with van der Waals surface area (Å²) in [5.74, 6) is 2.82. The average Bonchev–Trinajstić information content (AvgIpc) is 2.50. The molecule has 70 valence electrons. The second kappa shape index (κ2) is 2.73. The molecule has 0 aromatic rings. The Morgan fingerprint density at radius 1 is 1.25 bits per heavy atom. The van der Waals surface area contributed by atoms with Crippen LogP contribution >= 0.6 is 0 Å². The topological polar surface area (TPSA) is 26.0 Å². The highest BCUT2D eigenvalue weighted by atomic mass is 14.7. The van der Waals surface area contributed by atoms with E-state index in [1.165, 1.54) is 25.7 Å². The SMILES string of the molecule is CC1(C)C(CN)C1C1CCCC1. The predicted octanol–water partition coefficient (Wildman–Crippen LogP) is 2.41. The van der Waals surface area contributed by atoms with E-state index in [9.17, 15) is 0 Å². The van der Waals surface area contributed by atoms with Crippen LogP contribution in [0.3, 0.4) is 0 Å². The minimum Gasteiger partial charge on any atom is -0.330 e. The Labute approximate surface area is 75.7 Å². The fourth-order valence-electron chi connectivity index (χ4n) is 3.49. The number of rotatable bonds is 2. The van der Waals surface area contributed by atoms with Crippen molar-refractivity contribution in [3.05, 3.63) is 0 Å². The summed E-state index contributed by atoms with van der Waals surface area (Å²) in [5.41, 5.74) is 6.34. The van der Waals surface area contributed by atoms with Crippen molar-refractivity contribution in [1.29, 1.82) is 0 Å². The van der Waals surface area contributed by atoms with Crippen molar-refractivity contribution in [2.45, 2.75) is 39.5 Å². The maximum absolute atomic E-state index is 5.77. The van der Waals surface area contributed by atoms with Gasteiger partial charge < -0.3 is 5.73 Å². The van der Waals surface area contributed by atoms with Crippen molar-refractivity contribution in [3.8, 4) is 0 Å². The Hall–Kier alpha value is -0.0400. The minimum absolute atomic E-state index is 0.573. The van der Waals surface area contributed by atoms with Gasteiger partial charge in [-0.2, -0.15) is 0 Å². The third kappa shape index (κ3) is 1.10. The molecular formula is C11H21N. The van der Waals surface area contributed by atoms with E-state index in [4.69, 9.17) is 5.73 Å². The molecule has 12 heavy (non-hydrogen) atoms. The van der Waals surface area contributed by atoms with Crippen molar-refractivity contribution >= 4 is 0 Å². The highest BCUT2D eigenvalue weighted by Gasteiger charge is 2.59. The zero-order chi connectivity index (χ0) is 8.77. The summed E-state index contributed by atoms with van der Waals surface area (Å²) in [7, 11) is 0. The average molecular weight is 167 g/mol. The molecule has 0 radical (unpaired) electrons. The second-order valence-corrected chi connectivity index (χ2v) is 5.23. The quantitative estimate of drug-likeness (QED) is 0.671. The van der Waals surface area contributed by atoms with E-state index in [-0.39, 0.29) is 0 Å². The summed E-state index contributed by atoms with van der Waals surface area (Å²) in [5, 5.41) is 0. The number of hydrogen-bond donors (Lipinski definition) is 1. The third-order valence-electron chi connectivity index (χ3n) is 4.30. The van der Waals surface area contributed by atoms with Crippen LogP contribution in [-0.2, 0) is 0 Å². The van der Waals surface area contributed by atoms with E-state index in [2.05, 4.69) is 13.8 Å². The smallest absolute Gasteiger partial charge is 0.00407 e. The molecule has 0 saturated heterocycles. The van der Waals surface area contributed by atoms with Crippen molar-refractivity contribution in [2.24, 2.45) is 28.9 Å². The first-order valence-electron chi connectivity index (χ1n) is 5.38. The molecule has 1 heteroatoms. The van der Waals surface area contributed by atoms with Crippen molar-refractivity contribution in [1.82, 2.24) is 0 Å². The second-order valence-electron chi connectivity index (χ2n) is 5.23. The summed E-state index contributed by atoms with van der Waals surface area (Å²) < 4.78 is 0. The van der Waals surface area contributed by atoms with Crippen LogP contribution in [0.4, 0.5) is 0 Å². The Morgan fingerprint density at radius 2 is 1.83 bits per heavy atom. The molecule has 0 aromatic carbocycles. The van der Waals surface area contributed by atoms with Crippen molar-refractivity contribution in [2.75, 3.05) is 6.54 Å². The van der Waals surface area contributed by atoms with Crippen LogP contribution in [-0.4, -0.2) is 6.54 Å². The first-order chi connectivity index (χ1) is 5.68. The molecule has 2 saturated carbocycles. The molecule has 0 heterocycles. The van der Waals surface area contributed by atoms with Crippen LogP contribution in [0.1, 0.15) is 39.5 Å². The highest BCUT2D eigenvalue weighted by Crippen LogP contribution is 2.63. The molecule has 0 amide bonds. The first kappa shape index (κ1) is 8.55. The van der Waals surface area contributed by atoms with Gasteiger partial charge in [0.05, 0.1) is 0 Å². The van der Waals surface area contributed by atoms with Crippen LogP contribution in [0.15, 0.2) is 0 Å². The standard InChI is InChI=1S/C11H21N/c1-11(2)9(7-12)10(11)8-5-3-4-6-8/h8-10H,3-7,12H2,1-2H3. The lowest BCUT2D eigenvalue weighted by atomic mass is 9.96. The first-order valence-corrected chi connectivity index (χ1v) is 5.38. The summed E-state index contributed by atoms with van der Waals surface area (Å²) in [4.78, 5) is 0. The molecule has 0 aliphatic heterocycles. The van der Waals surface area contributed by atoms with Crippen LogP contribution in [0, 0.1) is 23.2 Å². The normalized spacial score (nSPS) is 40.2. The fraction of sp³-hybridized carbons (Fsp3) is 1.00. The van der Waals surface area contributed by atoms with Gasteiger partial charge in [0.25, 0.3) is 0 Å². The largest absolute Gasteiger partial charge is 0.330 e. The Bertz CT molecular complexity index is 168. The van der Waals surface area contributed by atoms with E-state index in [1.807, 2.05) is 0 Å². The minimum atomic E-state index is 0.573. The van der Waals surface area contributed by atoms with Gasteiger partial charge in [-0.05, 0) is 29.7 Å². The Kier molecular flexibility index (Phi) is 1.95. The fourth-order valence-corrected chi connectivity index (χ4v) is 3.49. The van der Waals surface area contributed by atoms with Gasteiger partial charge >= 0.3 is 0 Å². The van der Waals surface area contributed by atoms with E-state index >= 15 is 0 Å². The molecule has 0 aromatic heterocycles. The molecule has 1 nitrogen and oxygen atoms in total. The Balaban J connectivity index is 1.97. The summed E-state index contributed by atoms with van der Waals surface area (Å²) >= 11 is 0. The van der Waals surface area contributed by atoms with Crippen LogP contribution < -0.4 is 5.73 Å². The lowest BCUT2D eigenvalue weighted by Crippen LogP contribution is -2.06. The molecule has 2 fully saturated rings. The van der Waals surface area contributed by atoms with Gasteiger partial charge in [-0.3, -0.25) is 0 Å².